The van der Waals surface area contributed by atoms with Crippen LogP contribution in [0.15, 0.2) is 4.79 Å². The van der Waals surface area contributed by atoms with Crippen LogP contribution in [0, 0.1) is 25.2 Å². The molecule has 0 bridgehead atoms. The van der Waals surface area contributed by atoms with Gasteiger partial charge >= 0.3 is 0 Å². The lowest BCUT2D eigenvalue weighted by molar-refractivity contribution is 0.100. The van der Waals surface area contributed by atoms with Gasteiger partial charge in [-0.25, -0.2) is 9.66 Å². The lowest BCUT2D eigenvalue weighted by Gasteiger charge is -2.33. The number of nitrogens with zero attached hydrogens (tertiary/aromatic N) is 4. The first-order valence-corrected chi connectivity index (χ1v) is 11.2. The van der Waals surface area contributed by atoms with Gasteiger partial charge in [-0.05, 0) is 50.0 Å². The third kappa shape index (κ3) is 3.36. The van der Waals surface area contributed by atoms with Gasteiger partial charge in [-0.3, -0.25) is 19.7 Å². The van der Waals surface area contributed by atoms with E-state index in [0.717, 1.165) is 29.7 Å². The summed E-state index contributed by atoms with van der Waals surface area (Å²) < 4.78 is 2.75. The summed E-state index contributed by atoms with van der Waals surface area (Å²) in [6.07, 6.45) is 2.87. The van der Waals surface area contributed by atoms with Crippen LogP contribution in [0.5, 0.6) is 0 Å². The predicted octanol–water partition coefficient (Wildman–Crippen LogP) is 4.00. The molecule has 0 saturated heterocycles. The largest absolute Gasteiger partial charge is 0.292 e. The van der Waals surface area contributed by atoms with E-state index in [1.165, 1.54) is 14.2 Å². The Bertz CT molecular complexity index is 1230. The van der Waals surface area contributed by atoms with Crippen LogP contribution >= 0.6 is 22.9 Å². The van der Waals surface area contributed by atoms with Crippen molar-refractivity contribution >= 4 is 39.1 Å². The molecule has 1 amide bonds. The highest BCUT2D eigenvalue weighted by molar-refractivity contribution is 7.18. The Hall–Kier alpha value is -2.19. The van der Waals surface area contributed by atoms with Crippen LogP contribution in [-0.2, 0) is 19.9 Å². The van der Waals surface area contributed by atoms with Gasteiger partial charge in [-0.2, -0.15) is 5.10 Å². The molecular weight excluding hydrogens is 422 g/mol. The fraction of sp³-hybridized carbons (Fsp3) is 0.524. The molecule has 0 unspecified atom stereocenters. The number of carbonyl (C=O) groups excluding carboxylic acids is 1. The minimum absolute atomic E-state index is 0.0865. The molecule has 0 radical (unpaired) electrons. The molecule has 1 atom stereocenters. The van der Waals surface area contributed by atoms with E-state index in [-0.39, 0.29) is 21.7 Å². The predicted molar refractivity (Wildman–Crippen MR) is 120 cm³/mol. The van der Waals surface area contributed by atoms with Gasteiger partial charge in [0.1, 0.15) is 10.7 Å². The first kappa shape index (κ1) is 21.1. The monoisotopic (exact) mass is 447 g/mol. The molecule has 3 heterocycles. The summed E-state index contributed by atoms with van der Waals surface area (Å²) in [6.45, 7) is 10.3. The molecule has 0 aromatic carbocycles. The number of amides is 1. The van der Waals surface area contributed by atoms with Crippen molar-refractivity contribution < 1.29 is 4.79 Å². The number of hydrogen-bond acceptors (Lipinski definition) is 5. The van der Waals surface area contributed by atoms with Crippen molar-refractivity contribution in [3.63, 3.8) is 0 Å². The van der Waals surface area contributed by atoms with E-state index in [9.17, 15) is 9.59 Å². The topological polar surface area (TPSA) is 81.8 Å². The number of thiophene rings is 1. The number of carbonyl (C=O) groups is 1. The molecule has 0 aliphatic heterocycles. The number of aromatic nitrogens is 4. The van der Waals surface area contributed by atoms with Crippen molar-refractivity contribution in [2.24, 2.45) is 18.4 Å². The highest BCUT2D eigenvalue weighted by Crippen LogP contribution is 2.42. The molecule has 1 aliphatic carbocycles. The van der Waals surface area contributed by atoms with Gasteiger partial charge in [0.2, 0.25) is 0 Å². The van der Waals surface area contributed by atoms with E-state index in [1.54, 1.807) is 32.2 Å². The molecule has 0 spiro atoms. The van der Waals surface area contributed by atoms with Crippen molar-refractivity contribution in [3.8, 4) is 0 Å². The Morgan fingerprint density at radius 2 is 2.00 bits per heavy atom. The van der Waals surface area contributed by atoms with E-state index in [0.29, 0.717) is 22.8 Å². The number of nitrogens with one attached hydrogen (secondary N) is 1. The number of hydrogen-bond donors (Lipinski definition) is 1. The van der Waals surface area contributed by atoms with Crippen LogP contribution in [0.2, 0.25) is 5.02 Å². The number of halogens is 1. The van der Waals surface area contributed by atoms with E-state index in [1.807, 2.05) is 0 Å². The van der Waals surface area contributed by atoms with Crippen LogP contribution in [0.4, 0.5) is 0 Å². The SMILES string of the molecule is Cc1c(Cl)c(C(=O)Nn2c(C)nc3sc4c(c3c2=O)CC[C@H](C(C)(C)C)C4)nn1C. The molecular formula is C21H26ClN5O2S. The fourth-order valence-corrected chi connectivity index (χ4v) is 5.66. The van der Waals surface area contributed by atoms with Gasteiger partial charge in [-0.15, -0.1) is 11.3 Å². The molecule has 3 aromatic rings. The quantitative estimate of drug-likeness (QED) is 0.643. The van der Waals surface area contributed by atoms with Crippen LogP contribution in [0.1, 0.15) is 59.6 Å². The molecule has 4 rings (SSSR count). The van der Waals surface area contributed by atoms with E-state index in [4.69, 9.17) is 11.6 Å². The molecule has 1 N–H and O–H groups in total. The smallest absolute Gasteiger partial charge is 0.271 e. The van der Waals surface area contributed by atoms with E-state index >= 15 is 0 Å². The Balaban J connectivity index is 1.75. The summed E-state index contributed by atoms with van der Waals surface area (Å²) in [4.78, 5) is 32.7. The van der Waals surface area contributed by atoms with E-state index < -0.39 is 5.91 Å². The van der Waals surface area contributed by atoms with Gasteiger partial charge in [0.15, 0.2) is 5.69 Å². The van der Waals surface area contributed by atoms with Gasteiger partial charge in [0, 0.05) is 11.9 Å². The van der Waals surface area contributed by atoms with Crippen LogP contribution in [0.25, 0.3) is 10.2 Å². The summed E-state index contributed by atoms with van der Waals surface area (Å²) in [5.74, 6) is 0.471. The van der Waals surface area contributed by atoms with Gasteiger partial charge in [-0.1, -0.05) is 32.4 Å². The molecule has 0 fully saturated rings. The van der Waals surface area contributed by atoms with Crippen LogP contribution in [-0.4, -0.2) is 25.3 Å². The van der Waals surface area contributed by atoms with E-state index in [2.05, 4.69) is 36.3 Å². The summed E-state index contributed by atoms with van der Waals surface area (Å²) in [5, 5.41) is 5.05. The number of rotatable bonds is 2. The summed E-state index contributed by atoms with van der Waals surface area (Å²) in [5.41, 5.74) is 4.48. The maximum atomic E-state index is 13.3. The molecule has 160 valence electrons. The van der Waals surface area contributed by atoms with Gasteiger partial charge in [0.05, 0.1) is 16.1 Å². The minimum Gasteiger partial charge on any atom is -0.271 e. The fourth-order valence-electron chi connectivity index (χ4n) is 4.08. The summed E-state index contributed by atoms with van der Waals surface area (Å²) in [6, 6.07) is 0. The molecule has 30 heavy (non-hydrogen) atoms. The average molecular weight is 448 g/mol. The van der Waals surface area contributed by atoms with Crippen molar-refractivity contribution in [3.05, 3.63) is 43.0 Å². The van der Waals surface area contributed by atoms with Gasteiger partial charge in [0.25, 0.3) is 11.5 Å². The van der Waals surface area contributed by atoms with Crippen molar-refractivity contribution in [2.75, 3.05) is 5.43 Å². The Morgan fingerprint density at radius 3 is 2.60 bits per heavy atom. The highest BCUT2D eigenvalue weighted by atomic mass is 35.5. The Morgan fingerprint density at radius 1 is 1.30 bits per heavy atom. The highest BCUT2D eigenvalue weighted by Gasteiger charge is 2.32. The maximum Gasteiger partial charge on any atom is 0.292 e. The third-order valence-electron chi connectivity index (χ3n) is 6.16. The van der Waals surface area contributed by atoms with Crippen LogP contribution < -0.4 is 11.0 Å². The zero-order valence-electron chi connectivity index (χ0n) is 18.1. The molecule has 9 heteroatoms. The molecule has 1 aliphatic rings. The van der Waals surface area contributed by atoms with Crippen molar-refractivity contribution in [2.45, 2.75) is 53.9 Å². The lowest BCUT2D eigenvalue weighted by Crippen LogP contribution is -2.36. The lowest BCUT2D eigenvalue weighted by atomic mass is 9.72. The minimum atomic E-state index is -0.535. The standard InChI is InChI=1S/C21H26ClN5O2S/c1-10-16(22)17(24-26(10)6)18(28)25-27-11(2)23-19-15(20(27)29)13-8-7-12(21(3,4)5)9-14(13)30-19/h12H,7-9H2,1-6H3,(H,25,28)/t12-/m0/s1. The Labute approximate surface area is 184 Å². The van der Waals surface area contributed by atoms with Gasteiger partial charge < -0.3 is 0 Å². The average Bonchev–Trinajstić information content (AvgIpc) is 3.15. The second-order valence-corrected chi connectivity index (χ2v) is 10.6. The summed E-state index contributed by atoms with van der Waals surface area (Å²) >= 11 is 7.84. The molecule has 3 aromatic heterocycles. The zero-order valence-corrected chi connectivity index (χ0v) is 19.7. The first-order chi connectivity index (χ1) is 14.0. The maximum absolute atomic E-state index is 13.3. The van der Waals surface area contributed by atoms with Crippen LogP contribution in [0.3, 0.4) is 0 Å². The molecule has 0 saturated carbocycles. The van der Waals surface area contributed by atoms with Crippen molar-refractivity contribution in [1.29, 1.82) is 0 Å². The first-order valence-electron chi connectivity index (χ1n) is 10.0. The number of fused-ring (bicyclic) bond motifs is 3. The molecule has 7 nitrogen and oxygen atoms in total. The summed E-state index contributed by atoms with van der Waals surface area (Å²) in [7, 11) is 1.71. The number of aryl methyl sites for hydroxylation is 3. The van der Waals surface area contributed by atoms with Crippen molar-refractivity contribution in [1.82, 2.24) is 19.4 Å². The second kappa shape index (κ2) is 7.20. The zero-order chi connectivity index (χ0) is 22.0. The second-order valence-electron chi connectivity index (χ2n) is 9.10. The third-order valence-corrected chi connectivity index (χ3v) is 7.77. The normalized spacial score (nSPS) is 16.7. The Kier molecular flexibility index (Phi) is 5.05.